The molecule has 226 valence electrons. The van der Waals surface area contributed by atoms with E-state index in [1.807, 2.05) is 0 Å². The van der Waals surface area contributed by atoms with Crippen LogP contribution in [0.3, 0.4) is 0 Å². The molecule has 12 nitrogen and oxygen atoms in total. The van der Waals surface area contributed by atoms with E-state index in [1.54, 1.807) is 50.4 Å². The van der Waals surface area contributed by atoms with Crippen molar-refractivity contribution in [2.24, 2.45) is 5.73 Å². The molecule has 6 rings (SSSR count). The largest absolute Gasteiger partial charge is 0.364 e. The van der Waals surface area contributed by atoms with E-state index in [4.69, 9.17) is 5.73 Å². The van der Waals surface area contributed by atoms with Crippen LogP contribution < -0.4 is 16.0 Å². The number of likely N-dealkylation sites (tertiary alicyclic amines) is 1. The molecule has 44 heavy (non-hydrogen) atoms. The lowest BCUT2D eigenvalue weighted by atomic mass is 10.0. The van der Waals surface area contributed by atoms with Crippen LogP contribution in [0.2, 0.25) is 0 Å². The van der Waals surface area contributed by atoms with E-state index in [0.717, 1.165) is 16.0 Å². The number of hydrogen-bond donors (Lipinski definition) is 2. The Bertz CT molecular complexity index is 1830. The Balaban J connectivity index is 1.26. The molecule has 3 unspecified atom stereocenters. The molecule has 1 fully saturated rings. The number of aromatic nitrogens is 4. The zero-order valence-electron chi connectivity index (χ0n) is 23.8. The van der Waals surface area contributed by atoms with Crippen LogP contribution in [0.25, 0.3) is 22.0 Å². The molecular weight excluding hydrogens is 574 g/mol. The Morgan fingerprint density at radius 1 is 1.11 bits per heavy atom. The first-order valence-electron chi connectivity index (χ1n) is 14.0. The number of nitrogens with one attached hydrogen (secondary N) is 1. The number of nitrogens with zero attached hydrogens (tertiary/aromatic N) is 6. The number of halogens is 2. The number of alkyl halides is 1. The molecular formula is C30H28F2N8O4. The first kappa shape index (κ1) is 28.8. The van der Waals surface area contributed by atoms with Gasteiger partial charge in [-0.15, -0.1) is 0 Å². The summed E-state index contributed by atoms with van der Waals surface area (Å²) < 4.78 is 30.8. The van der Waals surface area contributed by atoms with Gasteiger partial charge < -0.3 is 20.9 Å². The van der Waals surface area contributed by atoms with Gasteiger partial charge in [-0.3, -0.25) is 23.9 Å². The van der Waals surface area contributed by atoms with E-state index in [-0.39, 0.29) is 30.9 Å². The summed E-state index contributed by atoms with van der Waals surface area (Å²) in [5.41, 5.74) is 8.39. The van der Waals surface area contributed by atoms with Gasteiger partial charge in [0.25, 0.3) is 11.8 Å². The molecule has 4 heterocycles. The van der Waals surface area contributed by atoms with Gasteiger partial charge in [-0.2, -0.15) is 15.3 Å². The van der Waals surface area contributed by atoms with E-state index >= 15 is 0 Å². The standard InChI is InChI=1S/C30H28F2N8O4/c1-3-38-27-20(8-15(2)9-21(27)32)26(30(38)44)36-29(43)23-11-18(31)13-39(23)24(41)14-40-22-5-4-16(17-6-7-34-35-12-17)10-19(22)25(37-40)28(33)42/h4-10,12,18,23,26H,3,11,13-14H2,1-2H3,(H2,33,42)(H,36,43). The highest BCUT2D eigenvalue weighted by atomic mass is 19.1. The second-order valence-corrected chi connectivity index (χ2v) is 10.8. The van der Waals surface area contributed by atoms with Gasteiger partial charge in [-0.25, -0.2) is 8.78 Å². The number of primary amides is 1. The summed E-state index contributed by atoms with van der Waals surface area (Å²) in [6, 6.07) is 7.41. The first-order valence-corrected chi connectivity index (χ1v) is 14.0. The minimum atomic E-state index is -1.49. The lowest BCUT2D eigenvalue weighted by molar-refractivity contribution is -0.139. The lowest BCUT2D eigenvalue weighted by Gasteiger charge is -2.25. The summed E-state index contributed by atoms with van der Waals surface area (Å²) in [5, 5.41) is 14.9. The number of benzene rings is 2. The summed E-state index contributed by atoms with van der Waals surface area (Å²) in [5.74, 6) is -3.26. The van der Waals surface area contributed by atoms with Crippen molar-refractivity contribution >= 4 is 40.2 Å². The Hall–Kier alpha value is -5.27. The highest BCUT2D eigenvalue weighted by Crippen LogP contribution is 2.39. The Morgan fingerprint density at radius 2 is 1.91 bits per heavy atom. The third-order valence-corrected chi connectivity index (χ3v) is 7.99. The van der Waals surface area contributed by atoms with Crippen molar-refractivity contribution in [1.29, 1.82) is 0 Å². The molecule has 2 aliphatic heterocycles. The molecule has 14 heteroatoms. The van der Waals surface area contributed by atoms with Crippen LogP contribution in [0, 0.1) is 12.7 Å². The van der Waals surface area contributed by atoms with Crippen molar-refractivity contribution in [3.05, 3.63) is 71.4 Å². The SMILES string of the molecule is CCN1C(=O)C(NC(=O)C2CC(F)CN2C(=O)Cn2nc(C(N)=O)c3cc(-c4ccnnc4)ccc32)c2cc(C)cc(F)c21. The highest BCUT2D eigenvalue weighted by Gasteiger charge is 2.44. The van der Waals surface area contributed by atoms with E-state index in [2.05, 4.69) is 20.6 Å². The summed E-state index contributed by atoms with van der Waals surface area (Å²) in [7, 11) is 0. The van der Waals surface area contributed by atoms with Crippen molar-refractivity contribution in [1.82, 2.24) is 30.2 Å². The van der Waals surface area contributed by atoms with Gasteiger partial charge >= 0.3 is 0 Å². The lowest BCUT2D eigenvalue weighted by Crippen LogP contribution is -2.49. The number of rotatable bonds is 7. The molecule has 0 spiro atoms. The maximum atomic E-state index is 14.8. The second-order valence-electron chi connectivity index (χ2n) is 10.8. The molecule has 0 radical (unpaired) electrons. The number of carbonyl (C=O) groups is 4. The minimum absolute atomic E-state index is 0.0582. The molecule has 0 bridgehead atoms. The van der Waals surface area contributed by atoms with Gasteiger partial charge in [0, 0.05) is 29.5 Å². The van der Waals surface area contributed by atoms with Crippen LogP contribution in [-0.2, 0) is 20.9 Å². The molecule has 4 aromatic rings. The number of aryl methyl sites for hydroxylation is 1. The van der Waals surface area contributed by atoms with Crippen molar-refractivity contribution in [3.63, 3.8) is 0 Å². The van der Waals surface area contributed by atoms with E-state index in [1.165, 1.54) is 21.8 Å². The van der Waals surface area contributed by atoms with Crippen LogP contribution in [0.15, 0.2) is 48.8 Å². The van der Waals surface area contributed by atoms with Crippen LogP contribution in [0.4, 0.5) is 14.5 Å². The fourth-order valence-corrected chi connectivity index (χ4v) is 6.01. The molecule has 2 aromatic carbocycles. The number of fused-ring (bicyclic) bond motifs is 2. The van der Waals surface area contributed by atoms with Crippen molar-refractivity contribution in [2.75, 3.05) is 18.0 Å². The van der Waals surface area contributed by atoms with Crippen LogP contribution in [0.5, 0.6) is 0 Å². The van der Waals surface area contributed by atoms with Gasteiger partial charge in [-0.1, -0.05) is 12.1 Å². The van der Waals surface area contributed by atoms with E-state index in [9.17, 15) is 28.0 Å². The molecule has 2 aliphatic rings. The van der Waals surface area contributed by atoms with Crippen molar-refractivity contribution < 1.29 is 28.0 Å². The number of nitrogens with two attached hydrogens (primary N) is 1. The van der Waals surface area contributed by atoms with E-state index < -0.39 is 54.2 Å². The van der Waals surface area contributed by atoms with E-state index in [0.29, 0.717) is 22.0 Å². The molecule has 4 amide bonds. The molecule has 3 N–H and O–H groups in total. The maximum Gasteiger partial charge on any atom is 0.269 e. The Labute approximate surface area is 249 Å². The zero-order valence-corrected chi connectivity index (χ0v) is 23.8. The predicted octanol–water partition coefficient (Wildman–Crippen LogP) is 2.20. The first-order chi connectivity index (χ1) is 21.1. The molecule has 0 aliphatic carbocycles. The fraction of sp³-hybridized carbons (Fsp3) is 0.300. The molecule has 0 saturated carbocycles. The number of amides is 4. The average molecular weight is 603 g/mol. The van der Waals surface area contributed by atoms with Gasteiger partial charge in [0.15, 0.2) is 5.69 Å². The number of likely N-dealkylation sites (N-methyl/N-ethyl adjacent to an activating group) is 1. The van der Waals surface area contributed by atoms with Crippen LogP contribution in [-0.4, -0.2) is 73.8 Å². The average Bonchev–Trinajstić information content (AvgIpc) is 3.65. The monoisotopic (exact) mass is 602 g/mol. The highest BCUT2D eigenvalue weighted by molar-refractivity contribution is 6.07. The van der Waals surface area contributed by atoms with Crippen molar-refractivity contribution in [3.8, 4) is 11.1 Å². The second kappa shape index (κ2) is 11.1. The fourth-order valence-electron chi connectivity index (χ4n) is 6.01. The summed E-state index contributed by atoms with van der Waals surface area (Å²) in [6.07, 6.45) is 1.32. The number of carbonyl (C=O) groups excluding carboxylic acids is 4. The maximum absolute atomic E-state index is 14.8. The summed E-state index contributed by atoms with van der Waals surface area (Å²) in [4.78, 5) is 54.8. The van der Waals surface area contributed by atoms with Crippen LogP contribution >= 0.6 is 0 Å². The van der Waals surface area contributed by atoms with Gasteiger partial charge in [-0.05, 0) is 49.2 Å². The minimum Gasteiger partial charge on any atom is -0.364 e. The van der Waals surface area contributed by atoms with Gasteiger partial charge in [0.2, 0.25) is 11.8 Å². The topological polar surface area (TPSA) is 156 Å². The predicted molar refractivity (Wildman–Crippen MR) is 154 cm³/mol. The normalized spacial score (nSPS) is 19.5. The quantitative estimate of drug-likeness (QED) is 0.328. The zero-order chi connectivity index (χ0) is 31.3. The molecule has 1 saturated heterocycles. The Kier molecular flexibility index (Phi) is 7.27. The number of anilines is 1. The number of hydrogen-bond acceptors (Lipinski definition) is 7. The van der Waals surface area contributed by atoms with Gasteiger partial charge in [0.05, 0.1) is 30.1 Å². The van der Waals surface area contributed by atoms with Crippen molar-refractivity contribution in [2.45, 2.75) is 45.1 Å². The van der Waals surface area contributed by atoms with Gasteiger partial charge in [0.1, 0.15) is 30.6 Å². The molecule has 3 atom stereocenters. The third kappa shape index (κ3) is 4.91. The smallest absolute Gasteiger partial charge is 0.269 e. The summed E-state index contributed by atoms with van der Waals surface area (Å²) in [6.45, 7) is 2.80. The summed E-state index contributed by atoms with van der Waals surface area (Å²) >= 11 is 0. The Morgan fingerprint density at radius 3 is 2.61 bits per heavy atom. The van der Waals surface area contributed by atoms with Crippen LogP contribution in [0.1, 0.15) is 41.0 Å². The molecule has 2 aromatic heterocycles. The third-order valence-electron chi connectivity index (χ3n) is 7.99.